The predicted octanol–water partition coefficient (Wildman–Crippen LogP) is 4.30. The van der Waals surface area contributed by atoms with Gasteiger partial charge in [0.25, 0.3) is 0 Å². The number of anilines is 1. The summed E-state index contributed by atoms with van der Waals surface area (Å²) < 4.78 is 6.53. The minimum absolute atomic E-state index is 0.654. The molecule has 20 heavy (non-hydrogen) atoms. The third-order valence-corrected chi connectivity index (χ3v) is 3.90. The molecule has 0 bridgehead atoms. The Morgan fingerprint density at radius 1 is 1.15 bits per heavy atom. The van der Waals surface area contributed by atoms with Crippen LogP contribution in [0.2, 0.25) is 0 Å². The van der Waals surface area contributed by atoms with Crippen molar-refractivity contribution in [3.05, 3.63) is 57.7 Å². The molecule has 1 heterocycles. The van der Waals surface area contributed by atoms with E-state index in [0.29, 0.717) is 6.61 Å². The molecule has 0 unspecified atom stereocenters. The van der Waals surface area contributed by atoms with Gasteiger partial charge in [-0.15, -0.1) is 0 Å². The molecule has 4 heteroatoms. The third-order valence-electron chi connectivity index (χ3n) is 3.06. The highest BCUT2D eigenvalue weighted by molar-refractivity contribution is 9.10. The van der Waals surface area contributed by atoms with E-state index in [1.54, 1.807) is 0 Å². The number of ether oxygens (including phenoxy) is 1. The lowest BCUT2D eigenvalue weighted by molar-refractivity contribution is 0.133. The molecule has 0 saturated carbocycles. The molecule has 1 aromatic carbocycles. The summed E-state index contributed by atoms with van der Waals surface area (Å²) >= 11 is 3.46. The van der Waals surface area contributed by atoms with Crippen molar-refractivity contribution in [3.63, 3.8) is 0 Å². The van der Waals surface area contributed by atoms with Crippen molar-refractivity contribution >= 4 is 21.7 Å². The normalized spacial score (nSPS) is 10.6. The van der Waals surface area contributed by atoms with Crippen LogP contribution in [0.5, 0.6) is 0 Å². The Morgan fingerprint density at radius 3 is 2.60 bits per heavy atom. The molecule has 3 nitrogen and oxygen atoms in total. The maximum Gasteiger partial charge on any atom is 0.126 e. The summed E-state index contributed by atoms with van der Waals surface area (Å²) in [7, 11) is 0. The topological polar surface area (TPSA) is 34.1 Å². The first kappa shape index (κ1) is 15.0. The van der Waals surface area contributed by atoms with E-state index in [2.05, 4.69) is 38.4 Å². The molecule has 106 valence electrons. The quantitative estimate of drug-likeness (QED) is 0.855. The number of hydrogen-bond donors (Lipinski definition) is 1. The van der Waals surface area contributed by atoms with Gasteiger partial charge >= 0.3 is 0 Å². The number of rotatable bonds is 6. The van der Waals surface area contributed by atoms with E-state index >= 15 is 0 Å². The van der Waals surface area contributed by atoms with Crippen LogP contribution in [0.3, 0.4) is 0 Å². The van der Waals surface area contributed by atoms with E-state index in [9.17, 15) is 0 Å². The highest BCUT2D eigenvalue weighted by Crippen LogP contribution is 2.17. The largest absolute Gasteiger partial charge is 0.377 e. The zero-order chi connectivity index (χ0) is 14.4. The number of benzene rings is 1. The molecule has 0 aliphatic rings. The number of nitrogens with one attached hydrogen (secondary N) is 1. The van der Waals surface area contributed by atoms with E-state index in [-0.39, 0.29) is 0 Å². The summed E-state index contributed by atoms with van der Waals surface area (Å²) in [6, 6.07) is 12.3. The fourth-order valence-electron chi connectivity index (χ4n) is 1.91. The van der Waals surface area contributed by atoms with E-state index in [1.807, 2.05) is 38.1 Å². The molecule has 1 aromatic heterocycles. The van der Waals surface area contributed by atoms with Crippen LogP contribution in [0.25, 0.3) is 0 Å². The lowest BCUT2D eigenvalue weighted by Crippen LogP contribution is -2.05. The third kappa shape index (κ3) is 4.05. The molecule has 1 N–H and O–H groups in total. The first-order valence-electron chi connectivity index (χ1n) is 6.72. The fourth-order valence-corrected chi connectivity index (χ4v) is 2.13. The van der Waals surface area contributed by atoms with E-state index in [1.165, 1.54) is 11.1 Å². The van der Waals surface area contributed by atoms with Crippen molar-refractivity contribution in [1.82, 2.24) is 4.98 Å². The van der Waals surface area contributed by atoms with Crippen molar-refractivity contribution in [1.29, 1.82) is 0 Å². The van der Waals surface area contributed by atoms with E-state index in [4.69, 9.17) is 4.74 Å². The molecule has 0 aliphatic heterocycles. The van der Waals surface area contributed by atoms with Gasteiger partial charge < -0.3 is 10.1 Å². The van der Waals surface area contributed by atoms with Gasteiger partial charge in [-0.2, -0.15) is 0 Å². The van der Waals surface area contributed by atoms with Crippen LogP contribution >= 0.6 is 15.9 Å². The number of aromatic nitrogens is 1. The van der Waals surface area contributed by atoms with Crippen LogP contribution in [-0.2, 0) is 17.9 Å². The van der Waals surface area contributed by atoms with Crippen molar-refractivity contribution in [3.8, 4) is 0 Å². The summed E-state index contributed by atoms with van der Waals surface area (Å²) in [5, 5.41) is 3.36. The number of pyridine rings is 1. The second kappa shape index (κ2) is 7.41. The maximum atomic E-state index is 5.50. The monoisotopic (exact) mass is 334 g/mol. The van der Waals surface area contributed by atoms with Gasteiger partial charge in [0.15, 0.2) is 0 Å². The Labute approximate surface area is 128 Å². The Hall–Kier alpha value is -1.39. The molecule has 0 fully saturated rings. The highest BCUT2D eigenvalue weighted by atomic mass is 79.9. The molecule has 0 atom stereocenters. The highest BCUT2D eigenvalue weighted by Gasteiger charge is 2.03. The zero-order valence-electron chi connectivity index (χ0n) is 11.8. The summed E-state index contributed by atoms with van der Waals surface area (Å²) in [4.78, 5) is 4.49. The van der Waals surface area contributed by atoms with Crippen molar-refractivity contribution < 1.29 is 4.74 Å². The smallest absolute Gasteiger partial charge is 0.126 e. The van der Waals surface area contributed by atoms with Gasteiger partial charge in [-0.1, -0.05) is 24.3 Å². The second-order valence-corrected chi connectivity index (χ2v) is 5.38. The van der Waals surface area contributed by atoms with Gasteiger partial charge in [-0.05, 0) is 53.0 Å². The average molecular weight is 335 g/mol. The average Bonchev–Trinajstić information content (AvgIpc) is 2.47. The number of halogens is 1. The Bertz CT molecular complexity index is 572. The van der Waals surface area contributed by atoms with Crippen LogP contribution in [0.15, 0.2) is 40.9 Å². The molecule has 2 aromatic rings. The minimum atomic E-state index is 0.654. The molecule has 0 aliphatic carbocycles. The SMILES string of the molecule is CCOCc1ccccc1CNc1ccc(Br)c(C)n1. The van der Waals surface area contributed by atoms with Crippen molar-refractivity contribution in [2.24, 2.45) is 0 Å². The molecule has 2 rings (SSSR count). The summed E-state index contributed by atoms with van der Waals surface area (Å²) in [5.41, 5.74) is 3.44. The molecule has 0 saturated heterocycles. The predicted molar refractivity (Wildman–Crippen MR) is 85.8 cm³/mol. The van der Waals surface area contributed by atoms with Gasteiger partial charge in [-0.3, -0.25) is 0 Å². The van der Waals surface area contributed by atoms with Gasteiger partial charge in [0.05, 0.1) is 12.3 Å². The van der Waals surface area contributed by atoms with Gasteiger partial charge in [-0.25, -0.2) is 4.98 Å². The second-order valence-electron chi connectivity index (χ2n) is 4.52. The lowest BCUT2D eigenvalue weighted by atomic mass is 10.1. The van der Waals surface area contributed by atoms with Crippen LogP contribution < -0.4 is 5.32 Å². The molecule has 0 amide bonds. The van der Waals surface area contributed by atoms with Crippen molar-refractivity contribution in [2.75, 3.05) is 11.9 Å². The summed E-state index contributed by atoms with van der Waals surface area (Å²) in [5.74, 6) is 0.886. The summed E-state index contributed by atoms with van der Waals surface area (Å²) in [6.45, 7) is 6.13. The maximum absolute atomic E-state index is 5.50. The Morgan fingerprint density at radius 2 is 1.90 bits per heavy atom. The number of hydrogen-bond acceptors (Lipinski definition) is 3. The van der Waals surface area contributed by atoms with E-state index in [0.717, 1.165) is 29.1 Å². The standard InChI is InChI=1S/C16H19BrN2O/c1-3-20-11-14-7-5-4-6-13(14)10-18-16-9-8-15(17)12(2)19-16/h4-9H,3,10-11H2,1-2H3,(H,18,19). The first-order chi connectivity index (χ1) is 9.70. The summed E-state index contributed by atoms with van der Waals surface area (Å²) in [6.07, 6.45) is 0. The number of nitrogens with zero attached hydrogens (tertiary/aromatic N) is 1. The van der Waals surface area contributed by atoms with Crippen LogP contribution in [-0.4, -0.2) is 11.6 Å². The zero-order valence-corrected chi connectivity index (χ0v) is 13.4. The van der Waals surface area contributed by atoms with Crippen LogP contribution in [0.4, 0.5) is 5.82 Å². The molecule has 0 spiro atoms. The molecular formula is C16H19BrN2O. The lowest BCUT2D eigenvalue weighted by Gasteiger charge is -2.11. The fraction of sp³-hybridized carbons (Fsp3) is 0.312. The van der Waals surface area contributed by atoms with E-state index < -0.39 is 0 Å². The number of aryl methyl sites for hydroxylation is 1. The molecular weight excluding hydrogens is 316 g/mol. The molecule has 0 radical (unpaired) electrons. The van der Waals surface area contributed by atoms with Gasteiger partial charge in [0.2, 0.25) is 0 Å². The minimum Gasteiger partial charge on any atom is -0.377 e. The van der Waals surface area contributed by atoms with Gasteiger partial charge in [0.1, 0.15) is 5.82 Å². The Balaban J connectivity index is 2.04. The first-order valence-corrected chi connectivity index (χ1v) is 7.51. The van der Waals surface area contributed by atoms with Gasteiger partial charge in [0, 0.05) is 17.6 Å². The van der Waals surface area contributed by atoms with Crippen LogP contribution in [0, 0.1) is 6.92 Å². The van der Waals surface area contributed by atoms with Crippen LogP contribution in [0.1, 0.15) is 23.7 Å². The van der Waals surface area contributed by atoms with Crippen molar-refractivity contribution in [2.45, 2.75) is 27.0 Å². The Kier molecular flexibility index (Phi) is 5.56.